The summed E-state index contributed by atoms with van der Waals surface area (Å²) in [5.41, 5.74) is 1.83. The molecule has 0 bridgehead atoms. The van der Waals surface area contributed by atoms with Gasteiger partial charge in [0.2, 0.25) is 0 Å². The predicted molar refractivity (Wildman–Crippen MR) is 78.7 cm³/mol. The Labute approximate surface area is 125 Å². The third kappa shape index (κ3) is 2.62. The van der Waals surface area contributed by atoms with Gasteiger partial charge in [0, 0.05) is 13.0 Å². The van der Waals surface area contributed by atoms with E-state index in [0.717, 1.165) is 16.8 Å². The molecule has 0 saturated heterocycles. The van der Waals surface area contributed by atoms with Crippen molar-refractivity contribution in [2.75, 3.05) is 19.0 Å². The number of carbonyl (C=O) groups excluding carboxylic acids is 1. The zero-order valence-corrected chi connectivity index (χ0v) is 12.2. The fourth-order valence-electron chi connectivity index (χ4n) is 2.17. The maximum Gasteiger partial charge on any atom is 0.354 e. The molecule has 3 heterocycles. The Morgan fingerprint density at radius 3 is 3.00 bits per heavy atom. The van der Waals surface area contributed by atoms with Crippen molar-refractivity contribution < 1.29 is 13.9 Å². The first-order chi connectivity index (χ1) is 10.7. The van der Waals surface area contributed by atoms with Gasteiger partial charge in [-0.3, -0.25) is 0 Å². The molecule has 0 fully saturated rings. The van der Waals surface area contributed by atoms with E-state index in [1.807, 2.05) is 6.92 Å². The number of aromatic nitrogens is 4. The van der Waals surface area contributed by atoms with Crippen LogP contribution in [0.3, 0.4) is 0 Å². The molecule has 0 atom stereocenters. The minimum absolute atomic E-state index is 0.341. The van der Waals surface area contributed by atoms with Crippen molar-refractivity contribution in [3.8, 4) is 0 Å². The van der Waals surface area contributed by atoms with Crippen molar-refractivity contribution in [3.05, 3.63) is 35.9 Å². The van der Waals surface area contributed by atoms with E-state index in [4.69, 9.17) is 9.15 Å². The molecule has 0 unspecified atom stereocenters. The number of hydrogen-bond acceptors (Lipinski definition) is 7. The molecular weight excluding hydrogens is 286 g/mol. The lowest BCUT2D eigenvalue weighted by molar-refractivity contribution is 0.0595. The number of aryl methyl sites for hydroxylation is 1. The van der Waals surface area contributed by atoms with Crippen molar-refractivity contribution in [2.45, 2.75) is 13.3 Å². The van der Waals surface area contributed by atoms with Crippen LogP contribution >= 0.6 is 0 Å². The number of carbonyl (C=O) groups is 1. The summed E-state index contributed by atoms with van der Waals surface area (Å²) in [5.74, 6) is 1.02. The third-order valence-corrected chi connectivity index (χ3v) is 3.33. The lowest BCUT2D eigenvalue weighted by atomic mass is 10.2. The molecule has 0 amide bonds. The van der Waals surface area contributed by atoms with E-state index in [1.54, 1.807) is 6.07 Å². The van der Waals surface area contributed by atoms with Crippen LogP contribution in [0.5, 0.6) is 0 Å². The molecule has 2 N–H and O–H groups in total. The average molecular weight is 301 g/mol. The van der Waals surface area contributed by atoms with Gasteiger partial charge in [0.05, 0.1) is 18.2 Å². The van der Waals surface area contributed by atoms with Gasteiger partial charge in [-0.05, 0) is 13.0 Å². The van der Waals surface area contributed by atoms with Gasteiger partial charge in [0.25, 0.3) is 0 Å². The van der Waals surface area contributed by atoms with Crippen LogP contribution in [0.25, 0.3) is 11.0 Å². The number of rotatable bonds is 5. The summed E-state index contributed by atoms with van der Waals surface area (Å²) >= 11 is 0. The van der Waals surface area contributed by atoms with E-state index in [9.17, 15) is 4.79 Å². The molecule has 3 rings (SSSR count). The first-order valence-electron chi connectivity index (χ1n) is 6.74. The lowest BCUT2D eigenvalue weighted by Crippen LogP contribution is -2.07. The Bertz CT molecular complexity index is 808. The number of esters is 1. The second-order valence-electron chi connectivity index (χ2n) is 4.69. The van der Waals surface area contributed by atoms with Gasteiger partial charge in [-0.25, -0.2) is 19.7 Å². The van der Waals surface area contributed by atoms with E-state index >= 15 is 0 Å². The zero-order chi connectivity index (χ0) is 15.5. The number of fused-ring (bicyclic) bond motifs is 1. The molecule has 114 valence electrons. The molecule has 0 spiro atoms. The zero-order valence-electron chi connectivity index (χ0n) is 12.2. The third-order valence-electron chi connectivity index (χ3n) is 3.33. The van der Waals surface area contributed by atoms with Crippen LogP contribution in [0.2, 0.25) is 0 Å². The summed E-state index contributed by atoms with van der Waals surface area (Å²) in [6.07, 6.45) is 3.58. The summed E-state index contributed by atoms with van der Waals surface area (Å²) in [6, 6.07) is 1.67. The van der Waals surface area contributed by atoms with Gasteiger partial charge in [-0.15, -0.1) is 0 Å². The normalized spacial score (nSPS) is 10.8. The Balaban J connectivity index is 1.77. The molecule has 0 aliphatic rings. The highest BCUT2D eigenvalue weighted by atomic mass is 16.5. The highest BCUT2D eigenvalue weighted by Gasteiger charge is 2.13. The second-order valence-corrected chi connectivity index (χ2v) is 4.69. The van der Waals surface area contributed by atoms with E-state index in [0.29, 0.717) is 30.1 Å². The molecule has 3 aromatic rings. The van der Waals surface area contributed by atoms with Crippen LogP contribution in [-0.4, -0.2) is 39.6 Å². The van der Waals surface area contributed by atoms with Crippen molar-refractivity contribution in [2.24, 2.45) is 0 Å². The largest absolute Gasteiger partial charge is 0.464 e. The smallest absolute Gasteiger partial charge is 0.354 e. The Morgan fingerprint density at radius 1 is 1.41 bits per heavy atom. The Morgan fingerprint density at radius 2 is 2.27 bits per heavy atom. The van der Waals surface area contributed by atoms with Crippen LogP contribution in [0.15, 0.2) is 23.2 Å². The molecule has 0 aromatic carbocycles. The number of H-pyrrole nitrogens is 1. The minimum atomic E-state index is -0.442. The summed E-state index contributed by atoms with van der Waals surface area (Å²) in [4.78, 5) is 26.9. The summed E-state index contributed by atoms with van der Waals surface area (Å²) < 4.78 is 9.85. The topological polar surface area (TPSA) is 106 Å². The predicted octanol–water partition coefficient (Wildman–Crippen LogP) is 1.70. The fraction of sp³-hybridized carbons (Fsp3) is 0.286. The van der Waals surface area contributed by atoms with Gasteiger partial charge in [-0.1, -0.05) is 0 Å². The molecule has 8 heteroatoms. The Hall–Kier alpha value is -2.90. The van der Waals surface area contributed by atoms with Crippen molar-refractivity contribution in [1.29, 1.82) is 0 Å². The number of nitrogens with zero attached hydrogens (tertiary/aromatic N) is 3. The van der Waals surface area contributed by atoms with Crippen LogP contribution in [0.4, 0.5) is 5.82 Å². The molecule has 3 aromatic heterocycles. The van der Waals surface area contributed by atoms with Crippen molar-refractivity contribution >= 4 is 22.8 Å². The van der Waals surface area contributed by atoms with E-state index in [1.165, 1.54) is 19.8 Å². The summed E-state index contributed by atoms with van der Waals surface area (Å²) in [5, 5.41) is 3.95. The molecule has 0 radical (unpaired) electrons. The van der Waals surface area contributed by atoms with Gasteiger partial charge >= 0.3 is 5.97 Å². The second kappa shape index (κ2) is 5.84. The number of hydrogen-bond donors (Lipinski definition) is 2. The molecule has 8 nitrogen and oxygen atoms in total. The van der Waals surface area contributed by atoms with Gasteiger partial charge in [0.1, 0.15) is 29.2 Å². The number of ether oxygens (including phenoxy) is 1. The molecular formula is C14H15N5O3. The quantitative estimate of drug-likeness (QED) is 0.691. The van der Waals surface area contributed by atoms with Gasteiger partial charge < -0.3 is 19.5 Å². The number of oxazole rings is 1. The highest BCUT2D eigenvalue weighted by molar-refractivity contribution is 5.97. The number of aromatic amines is 1. The molecule has 0 aliphatic carbocycles. The van der Waals surface area contributed by atoms with Crippen molar-refractivity contribution in [1.82, 2.24) is 19.9 Å². The standard InChI is InChI=1S/C14H15N5O3/c1-8-10(18-7-22-8)3-4-15-12-9-5-11(14(20)21-2)19-13(9)17-6-16-12/h5-7H,3-4H2,1-2H3,(H2,15,16,17,19). The monoisotopic (exact) mass is 301 g/mol. The first-order valence-corrected chi connectivity index (χ1v) is 6.74. The number of methoxy groups -OCH3 is 1. The van der Waals surface area contributed by atoms with E-state index in [-0.39, 0.29) is 0 Å². The molecule has 22 heavy (non-hydrogen) atoms. The van der Waals surface area contributed by atoms with E-state index in [2.05, 4.69) is 25.3 Å². The maximum atomic E-state index is 11.6. The van der Waals surface area contributed by atoms with Crippen LogP contribution in [-0.2, 0) is 11.2 Å². The van der Waals surface area contributed by atoms with Crippen molar-refractivity contribution in [3.63, 3.8) is 0 Å². The SMILES string of the molecule is COC(=O)c1cc2c(NCCc3ncoc3C)ncnc2[nH]1. The van der Waals surface area contributed by atoms with Crippen LogP contribution in [0, 0.1) is 6.92 Å². The van der Waals surface area contributed by atoms with Crippen LogP contribution in [0.1, 0.15) is 21.9 Å². The Kier molecular flexibility index (Phi) is 3.73. The minimum Gasteiger partial charge on any atom is -0.464 e. The lowest BCUT2D eigenvalue weighted by Gasteiger charge is -2.05. The van der Waals surface area contributed by atoms with Gasteiger partial charge in [-0.2, -0.15) is 0 Å². The molecule has 0 saturated carbocycles. The molecule has 0 aliphatic heterocycles. The van der Waals surface area contributed by atoms with Gasteiger partial charge in [0.15, 0.2) is 6.39 Å². The average Bonchev–Trinajstić information content (AvgIpc) is 3.13. The highest BCUT2D eigenvalue weighted by Crippen LogP contribution is 2.20. The summed E-state index contributed by atoms with van der Waals surface area (Å²) in [6.45, 7) is 2.51. The maximum absolute atomic E-state index is 11.6. The summed E-state index contributed by atoms with van der Waals surface area (Å²) in [7, 11) is 1.33. The number of nitrogens with one attached hydrogen (secondary N) is 2. The van der Waals surface area contributed by atoms with E-state index < -0.39 is 5.97 Å². The van der Waals surface area contributed by atoms with Crippen LogP contribution < -0.4 is 5.32 Å². The first kappa shape index (κ1) is 14.1. The fourth-order valence-corrected chi connectivity index (χ4v) is 2.17. The number of anilines is 1.